The van der Waals surface area contributed by atoms with Gasteiger partial charge in [-0.3, -0.25) is 4.79 Å². The molecule has 1 aromatic carbocycles. The number of ether oxygens (including phenoxy) is 2. The quantitative estimate of drug-likeness (QED) is 0.162. The predicted molar refractivity (Wildman–Crippen MR) is 156 cm³/mol. The number of rotatable bonds is 9. The van der Waals surface area contributed by atoms with Crippen LogP contribution in [0.25, 0.3) is 0 Å². The summed E-state index contributed by atoms with van der Waals surface area (Å²) in [7, 11) is -4.25. The van der Waals surface area contributed by atoms with Gasteiger partial charge in [0.1, 0.15) is 18.5 Å². The first-order valence-corrected chi connectivity index (χ1v) is 20.0. The van der Waals surface area contributed by atoms with Gasteiger partial charge in [0.15, 0.2) is 16.6 Å². The van der Waals surface area contributed by atoms with E-state index < -0.39 is 34.5 Å². The Kier molecular flexibility index (Phi) is 9.51. The number of halogens is 3. The minimum Gasteiger partial charge on any atom is -0.491 e. The zero-order valence-corrected chi connectivity index (χ0v) is 27.6. The van der Waals surface area contributed by atoms with E-state index in [2.05, 4.69) is 73.8 Å². The second kappa shape index (κ2) is 11.6. The fourth-order valence-corrected chi connectivity index (χ4v) is 7.34. The lowest BCUT2D eigenvalue weighted by Gasteiger charge is -2.40. The molecule has 0 unspecified atom stereocenters. The monoisotopic (exact) mass is 600 g/mol. The first kappa shape index (κ1) is 32.9. The fourth-order valence-electron chi connectivity index (χ4n) is 4.70. The number of hydrogen-bond acceptors (Lipinski definition) is 5. The molecule has 1 saturated carbocycles. The second-order valence-electron chi connectivity index (χ2n) is 14.3. The Hall–Kier alpha value is -1.63. The van der Waals surface area contributed by atoms with E-state index in [9.17, 15) is 18.0 Å². The topological polar surface area (TPSA) is 54.0 Å². The predicted octanol–water partition coefficient (Wildman–Crippen LogP) is 8.37. The van der Waals surface area contributed by atoms with Gasteiger partial charge >= 0.3 is 12.1 Å². The van der Waals surface area contributed by atoms with Gasteiger partial charge in [-0.05, 0) is 60.5 Å². The van der Waals surface area contributed by atoms with Gasteiger partial charge in [0.2, 0.25) is 0 Å². The molecule has 10 heteroatoms. The molecular weight excluding hydrogens is 553 g/mol. The summed E-state index contributed by atoms with van der Waals surface area (Å²) < 4.78 is 64.0. The summed E-state index contributed by atoms with van der Waals surface area (Å²) >= 11 is 0. The van der Waals surface area contributed by atoms with Crippen LogP contribution in [0.3, 0.4) is 0 Å². The maximum atomic E-state index is 13.0. The Morgan fingerprint density at radius 1 is 0.975 bits per heavy atom. The van der Waals surface area contributed by atoms with E-state index >= 15 is 0 Å². The van der Waals surface area contributed by atoms with Crippen molar-refractivity contribution < 1.29 is 36.3 Å². The van der Waals surface area contributed by atoms with Crippen LogP contribution in [-0.2, 0) is 24.6 Å². The molecule has 1 aromatic rings. The van der Waals surface area contributed by atoms with Crippen LogP contribution in [0.4, 0.5) is 13.2 Å². The van der Waals surface area contributed by atoms with Crippen LogP contribution in [-0.4, -0.2) is 47.5 Å². The van der Waals surface area contributed by atoms with E-state index in [-0.39, 0.29) is 46.7 Å². The minimum absolute atomic E-state index is 0.00375. The molecule has 0 amide bonds. The summed E-state index contributed by atoms with van der Waals surface area (Å²) in [5, 5.41) is 0.00653. The van der Waals surface area contributed by atoms with Crippen LogP contribution in [0.2, 0.25) is 36.3 Å². The molecule has 5 nitrogen and oxygen atoms in total. The van der Waals surface area contributed by atoms with E-state index in [1.54, 1.807) is 0 Å². The number of carbonyl (C=O) groups is 1. The first-order chi connectivity index (χ1) is 18.1. The maximum Gasteiger partial charge on any atom is 0.416 e. The van der Waals surface area contributed by atoms with Crippen molar-refractivity contribution in [3.05, 3.63) is 42.0 Å². The van der Waals surface area contributed by atoms with Crippen LogP contribution < -0.4 is 4.74 Å². The minimum atomic E-state index is -4.40. The van der Waals surface area contributed by atoms with Crippen molar-refractivity contribution >= 4 is 22.6 Å². The van der Waals surface area contributed by atoms with Gasteiger partial charge in [-0.15, -0.1) is 0 Å². The Morgan fingerprint density at radius 3 is 2.08 bits per heavy atom. The molecule has 0 radical (unpaired) electrons. The lowest BCUT2D eigenvalue weighted by atomic mass is 9.88. The number of alkyl halides is 3. The van der Waals surface area contributed by atoms with Crippen molar-refractivity contribution in [1.82, 2.24) is 0 Å². The van der Waals surface area contributed by atoms with Crippen molar-refractivity contribution in [3.63, 3.8) is 0 Å². The third-order valence-corrected chi connectivity index (χ3v) is 18.2. The summed E-state index contributed by atoms with van der Waals surface area (Å²) in [6, 6.07) is 4.70. The van der Waals surface area contributed by atoms with E-state index in [1.165, 1.54) is 12.1 Å². The van der Waals surface area contributed by atoms with Crippen LogP contribution in [0, 0.1) is 11.8 Å². The molecule has 1 aliphatic heterocycles. The largest absolute Gasteiger partial charge is 0.491 e. The highest BCUT2D eigenvalue weighted by Gasteiger charge is 2.52. The summed E-state index contributed by atoms with van der Waals surface area (Å²) in [6.45, 7) is 22.0. The summed E-state index contributed by atoms with van der Waals surface area (Å²) in [5.41, 5.74) is -0.717. The van der Waals surface area contributed by atoms with E-state index in [0.717, 1.165) is 12.1 Å². The van der Waals surface area contributed by atoms with Gasteiger partial charge in [-0.1, -0.05) is 53.7 Å². The third-order valence-electron chi connectivity index (χ3n) is 9.20. The van der Waals surface area contributed by atoms with Crippen molar-refractivity contribution in [2.45, 2.75) is 115 Å². The molecular formula is C30H47F3O5Si2. The Bertz CT molecular complexity index is 1060. The zero-order valence-electron chi connectivity index (χ0n) is 25.6. The normalized spacial score (nSPS) is 25.3. The number of fused-ring (bicyclic) bond motifs is 2. The molecule has 3 rings (SSSR count). The molecule has 2 aliphatic rings. The molecule has 0 spiro atoms. The van der Waals surface area contributed by atoms with Gasteiger partial charge in [0, 0.05) is 18.3 Å². The average molecular weight is 601 g/mol. The molecule has 226 valence electrons. The highest BCUT2D eigenvalue weighted by molar-refractivity contribution is 6.74. The third kappa shape index (κ3) is 7.80. The molecule has 1 aliphatic carbocycles. The molecule has 0 aromatic heterocycles. The van der Waals surface area contributed by atoms with Crippen LogP contribution in [0.15, 0.2) is 36.4 Å². The van der Waals surface area contributed by atoms with Gasteiger partial charge in [0.05, 0.1) is 24.2 Å². The van der Waals surface area contributed by atoms with Crippen molar-refractivity contribution in [1.29, 1.82) is 0 Å². The molecule has 1 saturated heterocycles. The standard InChI is InChI=1S/C30H47F3O5Si2/c1-28(2,3)39(7,8)37-22(19-35-21-13-11-20(12-14-21)30(31,32)33)15-16-23-24-17-27(34)36-25(23)18-26(24)38-40(9,10)29(4,5)6/h11-16,22-26H,17-19H2,1-10H3/b16-15+/t22-,23+,24-,25-,26+/m1/s1. The summed E-state index contributed by atoms with van der Waals surface area (Å²) in [4.78, 5) is 12.4. The molecule has 1 heterocycles. The summed E-state index contributed by atoms with van der Waals surface area (Å²) in [6.07, 6.45) is -0.0384. The zero-order chi connectivity index (χ0) is 30.3. The summed E-state index contributed by atoms with van der Waals surface area (Å²) in [5.74, 6) is 0.199. The van der Waals surface area contributed by atoms with Gasteiger partial charge in [0.25, 0.3) is 0 Å². The molecule has 0 N–H and O–H groups in total. The lowest BCUT2D eigenvalue weighted by Crippen LogP contribution is -2.45. The van der Waals surface area contributed by atoms with Crippen molar-refractivity contribution in [2.75, 3.05) is 6.61 Å². The number of esters is 1. The van der Waals surface area contributed by atoms with Gasteiger partial charge < -0.3 is 18.3 Å². The lowest BCUT2D eigenvalue weighted by molar-refractivity contribution is -0.156. The van der Waals surface area contributed by atoms with E-state index in [0.29, 0.717) is 18.6 Å². The molecule has 2 bridgehead atoms. The van der Waals surface area contributed by atoms with Crippen molar-refractivity contribution in [3.8, 4) is 5.75 Å². The maximum absolute atomic E-state index is 13.0. The smallest absolute Gasteiger partial charge is 0.416 e. The molecule has 5 atom stereocenters. The Labute approximate surface area is 240 Å². The Balaban J connectivity index is 1.80. The highest BCUT2D eigenvalue weighted by Crippen LogP contribution is 2.47. The molecule has 2 fully saturated rings. The second-order valence-corrected chi connectivity index (χ2v) is 23.8. The van der Waals surface area contributed by atoms with Crippen LogP contribution in [0.5, 0.6) is 5.75 Å². The fraction of sp³-hybridized carbons (Fsp3) is 0.700. The number of benzene rings is 1. The average Bonchev–Trinajstić information content (AvgIpc) is 2.98. The van der Waals surface area contributed by atoms with Crippen LogP contribution >= 0.6 is 0 Å². The molecule has 40 heavy (non-hydrogen) atoms. The van der Waals surface area contributed by atoms with Gasteiger partial charge in [-0.25, -0.2) is 0 Å². The van der Waals surface area contributed by atoms with Crippen molar-refractivity contribution in [2.24, 2.45) is 11.8 Å². The Morgan fingerprint density at radius 2 is 1.55 bits per heavy atom. The van der Waals surface area contributed by atoms with Gasteiger partial charge in [-0.2, -0.15) is 13.2 Å². The SMILES string of the molecule is CC(C)(C)[Si](C)(C)O[C@H](/C=C/[C@H]1[C@H]2CC(=O)O[C@@H]1C[C@@H]2O[Si](C)(C)C(C)(C)C)COc1ccc(C(F)(F)F)cc1. The first-order valence-electron chi connectivity index (χ1n) is 14.1. The van der Waals surface area contributed by atoms with E-state index in [1.807, 2.05) is 6.08 Å². The van der Waals surface area contributed by atoms with Crippen LogP contribution in [0.1, 0.15) is 59.9 Å². The number of carbonyl (C=O) groups excluding carboxylic acids is 1. The highest BCUT2D eigenvalue weighted by atomic mass is 28.4. The number of hydrogen-bond donors (Lipinski definition) is 0. The van der Waals surface area contributed by atoms with E-state index in [4.69, 9.17) is 18.3 Å².